The summed E-state index contributed by atoms with van der Waals surface area (Å²) in [6.45, 7) is 10.5. The fourth-order valence-electron chi connectivity index (χ4n) is 4.56. The topological polar surface area (TPSA) is 90.0 Å². The molecule has 0 aromatic heterocycles. The van der Waals surface area contributed by atoms with E-state index < -0.39 is 10.0 Å². The average molecular weight is 465 g/mol. The first-order valence-corrected chi connectivity index (χ1v) is 13.0. The first-order chi connectivity index (χ1) is 15.2. The molecule has 0 aliphatic carbocycles. The first kappa shape index (κ1) is 24.7. The van der Waals surface area contributed by atoms with Crippen molar-refractivity contribution in [2.45, 2.75) is 38.5 Å². The molecule has 0 bridgehead atoms. The second-order valence-corrected chi connectivity index (χ2v) is 11.2. The molecule has 1 aromatic carbocycles. The van der Waals surface area contributed by atoms with Gasteiger partial charge in [0.2, 0.25) is 15.9 Å². The van der Waals surface area contributed by atoms with E-state index in [1.807, 2.05) is 11.8 Å². The Morgan fingerprint density at radius 1 is 1.06 bits per heavy atom. The van der Waals surface area contributed by atoms with E-state index in [2.05, 4.69) is 19.2 Å². The fraction of sp³-hybridized carbons (Fsp3) is 0.652. The van der Waals surface area contributed by atoms with Crippen LogP contribution in [0.4, 0.5) is 0 Å². The van der Waals surface area contributed by atoms with Gasteiger partial charge in [-0.15, -0.1) is 0 Å². The van der Waals surface area contributed by atoms with Crippen molar-refractivity contribution in [3.63, 3.8) is 0 Å². The van der Waals surface area contributed by atoms with Crippen molar-refractivity contribution in [2.24, 2.45) is 11.8 Å². The minimum Gasteiger partial charge on any atom is -0.355 e. The summed E-state index contributed by atoms with van der Waals surface area (Å²) < 4.78 is 28.0. The number of carbonyl (C=O) groups is 2. The number of carbonyl (C=O) groups excluding carboxylic acids is 2. The molecule has 2 amide bonds. The molecular weight excluding hydrogens is 428 g/mol. The van der Waals surface area contributed by atoms with Crippen molar-refractivity contribution in [1.82, 2.24) is 19.4 Å². The summed E-state index contributed by atoms with van der Waals surface area (Å²) in [7, 11) is -3.63. The maximum absolute atomic E-state index is 13.2. The van der Waals surface area contributed by atoms with E-state index in [1.165, 1.54) is 6.07 Å². The zero-order valence-electron chi connectivity index (χ0n) is 19.4. The van der Waals surface area contributed by atoms with Gasteiger partial charge >= 0.3 is 0 Å². The zero-order valence-corrected chi connectivity index (χ0v) is 20.2. The maximum Gasteiger partial charge on any atom is 0.253 e. The molecule has 9 heteroatoms. The molecule has 2 aliphatic heterocycles. The van der Waals surface area contributed by atoms with Crippen LogP contribution in [0.5, 0.6) is 0 Å². The highest BCUT2D eigenvalue weighted by Crippen LogP contribution is 2.27. The SMILES string of the molecule is CCCNC(=O)CN1CCN(C(=O)c2cccc(S(=O)(=O)N3CC(C)CC(C)C3)c2)CC1. The summed E-state index contributed by atoms with van der Waals surface area (Å²) in [5, 5.41) is 2.87. The van der Waals surface area contributed by atoms with Gasteiger partial charge in [-0.25, -0.2) is 8.42 Å². The predicted molar refractivity (Wildman–Crippen MR) is 124 cm³/mol. The minimum atomic E-state index is -3.63. The molecule has 1 aromatic rings. The van der Waals surface area contributed by atoms with Crippen LogP contribution in [0, 0.1) is 11.8 Å². The number of rotatable bonds is 7. The number of piperazine rings is 1. The molecule has 2 saturated heterocycles. The lowest BCUT2D eigenvalue weighted by Gasteiger charge is -2.35. The van der Waals surface area contributed by atoms with Gasteiger partial charge in [0.15, 0.2) is 0 Å². The molecule has 2 unspecified atom stereocenters. The number of sulfonamides is 1. The lowest BCUT2D eigenvalue weighted by atomic mass is 9.94. The van der Waals surface area contributed by atoms with E-state index in [1.54, 1.807) is 27.4 Å². The monoisotopic (exact) mass is 464 g/mol. The Kier molecular flexibility index (Phi) is 8.30. The van der Waals surface area contributed by atoms with Crippen LogP contribution >= 0.6 is 0 Å². The van der Waals surface area contributed by atoms with E-state index in [9.17, 15) is 18.0 Å². The Bertz CT molecular complexity index is 902. The van der Waals surface area contributed by atoms with Gasteiger partial charge in [0.1, 0.15) is 0 Å². The lowest BCUT2D eigenvalue weighted by Crippen LogP contribution is -2.51. The van der Waals surface area contributed by atoms with E-state index >= 15 is 0 Å². The van der Waals surface area contributed by atoms with Crippen molar-refractivity contribution in [1.29, 1.82) is 0 Å². The standard InChI is InChI=1S/C23H36N4O4S/c1-4-8-24-22(28)17-25-9-11-26(12-10-25)23(29)20-6-5-7-21(14-20)32(30,31)27-15-18(2)13-19(3)16-27/h5-7,14,18-19H,4,8-13,15-17H2,1-3H3,(H,24,28). The molecule has 2 heterocycles. The van der Waals surface area contributed by atoms with Crippen molar-refractivity contribution < 1.29 is 18.0 Å². The highest BCUT2D eigenvalue weighted by molar-refractivity contribution is 7.89. The summed E-state index contributed by atoms with van der Waals surface area (Å²) in [5.41, 5.74) is 0.387. The summed E-state index contributed by atoms with van der Waals surface area (Å²) >= 11 is 0. The van der Waals surface area contributed by atoms with Crippen molar-refractivity contribution in [3.8, 4) is 0 Å². The van der Waals surface area contributed by atoms with Gasteiger partial charge in [-0.3, -0.25) is 14.5 Å². The summed E-state index contributed by atoms with van der Waals surface area (Å²) in [5.74, 6) is 0.473. The van der Waals surface area contributed by atoms with Crippen LogP contribution in [0.1, 0.15) is 44.0 Å². The number of nitrogens with one attached hydrogen (secondary N) is 1. The number of amides is 2. The van der Waals surface area contributed by atoms with Crippen LogP contribution in [0.3, 0.4) is 0 Å². The normalized spacial score (nSPS) is 23.2. The Balaban J connectivity index is 1.63. The van der Waals surface area contributed by atoms with E-state index in [0.717, 1.165) is 12.8 Å². The highest BCUT2D eigenvalue weighted by Gasteiger charge is 2.32. The van der Waals surface area contributed by atoms with Gasteiger partial charge in [-0.1, -0.05) is 26.8 Å². The Morgan fingerprint density at radius 3 is 2.34 bits per heavy atom. The Hall–Kier alpha value is -1.97. The molecule has 0 saturated carbocycles. The molecular formula is C23H36N4O4S. The third-order valence-corrected chi connectivity index (χ3v) is 7.98. The third kappa shape index (κ3) is 6.08. The number of nitrogens with zero attached hydrogens (tertiary/aromatic N) is 3. The van der Waals surface area contributed by atoms with Crippen molar-refractivity contribution >= 4 is 21.8 Å². The number of piperidine rings is 1. The molecule has 3 rings (SSSR count). The third-order valence-electron chi connectivity index (χ3n) is 6.15. The molecule has 2 aliphatic rings. The number of hydrogen-bond donors (Lipinski definition) is 1. The van der Waals surface area contributed by atoms with Crippen molar-refractivity contribution in [2.75, 3.05) is 52.4 Å². The van der Waals surface area contributed by atoms with Crippen LogP contribution in [0.15, 0.2) is 29.2 Å². The van der Waals surface area contributed by atoms with Crippen LogP contribution in [0.25, 0.3) is 0 Å². The summed E-state index contributed by atoms with van der Waals surface area (Å²) in [4.78, 5) is 28.9. The molecule has 1 N–H and O–H groups in total. The Labute approximate surface area is 192 Å². The number of hydrogen-bond acceptors (Lipinski definition) is 5. The molecule has 8 nitrogen and oxygen atoms in total. The minimum absolute atomic E-state index is 0.00545. The molecule has 2 atom stereocenters. The van der Waals surface area contributed by atoms with Crippen LogP contribution in [0.2, 0.25) is 0 Å². The van der Waals surface area contributed by atoms with Gasteiger partial charge in [-0.05, 0) is 42.9 Å². The fourth-order valence-corrected chi connectivity index (χ4v) is 6.28. The van der Waals surface area contributed by atoms with Gasteiger partial charge in [-0.2, -0.15) is 4.31 Å². The van der Waals surface area contributed by atoms with Gasteiger partial charge in [0.25, 0.3) is 5.91 Å². The molecule has 178 valence electrons. The highest BCUT2D eigenvalue weighted by atomic mass is 32.2. The van der Waals surface area contributed by atoms with E-state index in [0.29, 0.717) is 69.8 Å². The van der Waals surface area contributed by atoms with Crippen LogP contribution in [-0.2, 0) is 14.8 Å². The van der Waals surface area contributed by atoms with Gasteiger partial charge in [0.05, 0.1) is 11.4 Å². The van der Waals surface area contributed by atoms with Crippen LogP contribution in [-0.4, -0.2) is 86.7 Å². The Morgan fingerprint density at radius 2 is 1.72 bits per heavy atom. The molecule has 2 fully saturated rings. The van der Waals surface area contributed by atoms with Crippen molar-refractivity contribution in [3.05, 3.63) is 29.8 Å². The average Bonchev–Trinajstić information content (AvgIpc) is 2.77. The smallest absolute Gasteiger partial charge is 0.253 e. The maximum atomic E-state index is 13.2. The van der Waals surface area contributed by atoms with Gasteiger partial charge < -0.3 is 10.2 Å². The largest absolute Gasteiger partial charge is 0.355 e. The van der Waals surface area contributed by atoms with Crippen LogP contribution < -0.4 is 5.32 Å². The van der Waals surface area contributed by atoms with Gasteiger partial charge in [0, 0.05) is 51.4 Å². The first-order valence-electron chi connectivity index (χ1n) is 11.6. The second kappa shape index (κ2) is 10.8. The summed E-state index contributed by atoms with van der Waals surface area (Å²) in [6.07, 6.45) is 1.93. The molecule has 32 heavy (non-hydrogen) atoms. The quantitative estimate of drug-likeness (QED) is 0.663. The van der Waals surface area contributed by atoms with E-state index in [-0.39, 0.29) is 16.7 Å². The molecule has 0 spiro atoms. The number of benzene rings is 1. The summed E-state index contributed by atoms with van der Waals surface area (Å²) in [6, 6.07) is 6.40. The zero-order chi connectivity index (χ0) is 23.3. The predicted octanol–water partition coefficient (Wildman–Crippen LogP) is 1.64. The lowest BCUT2D eigenvalue weighted by molar-refractivity contribution is -0.122. The van der Waals surface area contributed by atoms with E-state index in [4.69, 9.17) is 0 Å². The molecule has 0 radical (unpaired) electrons. The second-order valence-electron chi connectivity index (χ2n) is 9.21.